The number of rotatable bonds is 1. The molecular formula is C13H16O. The van der Waals surface area contributed by atoms with Crippen molar-refractivity contribution in [3.05, 3.63) is 47.0 Å². The van der Waals surface area contributed by atoms with Crippen LogP contribution in [0.2, 0.25) is 0 Å². The fraction of sp³-hybridized carbons (Fsp3) is 0.385. The van der Waals surface area contributed by atoms with Crippen LogP contribution in [0.1, 0.15) is 31.1 Å². The largest absolute Gasteiger partial charge is 0.369 e. The van der Waals surface area contributed by atoms with E-state index in [1.807, 2.05) is 0 Å². The fourth-order valence-electron chi connectivity index (χ4n) is 1.87. The molecule has 0 radical (unpaired) electrons. The first-order valence-electron chi connectivity index (χ1n) is 5.12. The molecule has 0 saturated heterocycles. The van der Waals surface area contributed by atoms with E-state index in [0.717, 1.165) is 13.0 Å². The van der Waals surface area contributed by atoms with E-state index in [0.29, 0.717) is 0 Å². The van der Waals surface area contributed by atoms with E-state index in [9.17, 15) is 0 Å². The molecular weight excluding hydrogens is 172 g/mol. The van der Waals surface area contributed by atoms with E-state index in [4.69, 9.17) is 4.74 Å². The van der Waals surface area contributed by atoms with Crippen molar-refractivity contribution < 1.29 is 4.74 Å². The molecule has 0 aromatic heterocycles. The zero-order valence-corrected chi connectivity index (χ0v) is 8.79. The summed E-state index contributed by atoms with van der Waals surface area (Å²) in [4.78, 5) is 0. The van der Waals surface area contributed by atoms with Gasteiger partial charge in [0, 0.05) is 0 Å². The predicted molar refractivity (Wildman–Crippen MR) is 58.3 cm³/mol. The van der Waals surface area contributed by atoms with Gasteiger partial charge in [0.2, 0.25) is 0 Å². The Balaban J connectivity index is 2.35. The average molecular weight is 188 g/mol. The van der Waals surface area contributed by atoms with Gasteiger partial charge in [-0.3, -0.25) is 0 Å². The lowest BCUT2D eigenvalue weighted by molar-refractivity contribution is 0.0745. The maximum atomic E-state index is 5.74. The van der Waals surface area contributed by atoms with Gasteiger partial charge in [-0.1, -0.05) is 35.9 Å². The Bertz CT molecular complexity index is 348. The Hall–Kier alpha value is -1.08. The van der Waals surface area contributed by atoms with Crippen LogP contribution in [0.3, 0.4) is 0 Å². The molecule has 2 rings (SSSR count). The summed E-state index contributed by atoms with van der Waals surface area (Å²) in [5.41, 5.74) is 4.08. The van der Waals surface area contributed by atoms with Gasteiger partial charge in [0.1, 0.15) is 6.10 Å². The lowest BCUT2D eigenvalue weighted by Crippen LogP contribution is -2.14. The lowest BCUT2D eigenvalue weighted by Gasteiger charge is -2.24. The highest BCUT2D eigenvalue weighted by atomic mass is 16.5. The molecule has 74 valence electrons. The van der Waals surface area contributed by atoms with Gasteiger partial charge in [-0.2, -0.15) is 0 Å². The summed E-state index contributed by atoms with van der Waals surface area (Å²) < 4.78 is 5.74. The summed E-state index contributed by atoms with van der Waals surface area (Å²) in [6.07, 6.45) is 3.41. The van der Waals surface area contributed by atoms with Crippen LogP contribution in [-0.2, 0) is 11.2 Å². The van der Waals surface area contributed by atoms with Crippen molar-refractivity contribution in [2.45, 2.75) is 26.4 Å². The second-order valence-electron chi connectivity index (χ2n) is 3.98. The highest BCUT2D eigenvalue weighted by Crippen LogP contribution is 2.28. The highest BCUT2D eigenvalue weighted by Gasteiger charge is 2.17. The van der Waals surface area contributed by atoms with Crippen LogP contribution in [0.4, 0.5) is 0 Å². The van der Waals surface area contributed by atoms with Crippen molar-refractivity contribution in [1.29, 1.82) is 0 Å². The van der Waals surface area contributed by atoms with E-state index in [1.54, 1.807) is 0 Å². The first kappa shape index (κ1) is 9.47. The van der Waals surface area contributed by atoms with Gasteiger partial charge in [-0.25, -0.2) is 0 Å². The second kappa shape index (κ2) is 3.97. The summed E-state index contributed by atoms with van der Waals surface area (Å²) in [5, 5.41) is 0. The van der Waals surface area contributed by atoms with E-state index in [1.165, 1.54) is 16.7 Å². The van der Waals surface area contributed by atoms with Gasteiger partial charge in [0.05, 0.1) is 6.61 Å². The Morgan fingerprint density at radius 2 is 2.14 bits per heavy atom. The first-order valence-corrected chi connectivity index (χ1v) is 5.12. The van der Waals surface area contributed by atoms with Crippen molar-refractivity contribution in [2.75, 3.05) is 6.61 Å². The van der Waals surface area contributed by atoms with Crippen LogP contribution in [0.25, 0.3) is 0 Å². The minimum atomic E-state index is 0.171. The van der Waals surface area contributed by atoms with Gasteiger partial charge in [-0.05, 0) is 31.4 Å². The predicted octanol–water partition coefficient (Wildman–Crippen LogP) is 3.27. The van der Waals surface area contributed by atoms with E-state index in [-0.39, 0.29) is 6.10 Å². The summed E-state index contributed by atoms with van der Waals surface area (Å²) in [7, 11) is 0. The fourth-order valence-corrected chi connectivity index (χ4v) is 1.87. The molecule has 0 aliphatic carbocycles. The third kappa shape index (κ3) is 1.88. The summed E-state index contributed by atoms with van der Waals surface area (Å²) >= 11 is 0. The molecule has 0 saturated carbocycles. The van der Waals surface area contributed by atoms with Crippen LogP contribution in [0.15, 0.2) is 35.9 Å². The van der Waals surface area contributed by atoms with Crippen LogP contribution >= 0.6 is 0 Å². The summed E-state index contributed by atoms with van der Waals surface area (Å²) in [6, 6.07) is 8.55. The third-order valence-electron chi connectivity index (χ3n) is 2.52. The van der Waals surface area contributed by atoms with Gasteiger partial charge < -0.3 is 4.74 Å². The first-order chi connectivity index (χ1) is 6.77. The molecule has 0 fully saturated rings. The topological polar surface area (TPSA) is 9.23 Å². The maximum Gasteiger partial charge on any atom is 0.101 e. The van der Waals surface area contributed by atoms with Crippen LogP contribution in [-0.4, -0.2) is 6.61 Å². The van der Waals surface area contributed by atoms with E-state index in [2.05, 4.69) is 44.2 Å². The molecule has 0 spiro atoms. The number of fused-ring (bicyclic) bond motifs is 1. The normalized spacial score (nSPS) is 20.0. The molecule has 1 atom stereocenters. The maximum absolute atomic E-state index is 5.74. The molecule has 14 heavy (non-hydrogen) atoms. The molecule has 0 unspecified atom stereocenters. The molecule has 1 aromatic rings. The zero-order chi connectivity index (χ0) is 9.97. The Morgan fingerprint density at radius 1 is 1.36 bits per heavy atom. The lowest BCUT2D eigenvalue weighted by atomic mass is 9.96. The van der Waals surface area contributed by atoms with Crippen LogP contribution < -0.4 is 0 Å². The van der Waals surface area contributed by atoms with Crippen molar-refractivity contribution in [1.82, 2.24) is 0 Å². The molecule has 1 nitrogen and oxygen atoms in total. The van der Waals surface area contributed by atoms with Gasteiger partial charge >= 0.3 is 0 Å². The quantitative estimate of drug-likeness (QED) is 0.615. The average Bonchev–Trinajstić information content (AvgIpc) is 2.18. The molecule has 0 bridgehead atoms. The van der Waals surface area contributed by atoms with Crippen LogP contribution in [0.5, 0.6) is 0 Å². The third-order valence-corrected chi connectivity index (χ3v) is 2.52. The van der Waals surface area contributed by atoms with Crippen molar-refractivity contribution in [3.63, 3.8) is 0 Å². The standard InChI is InChI=1S/C13H16O/c1-10(2)9-13-12-6-4-3-5-11(12)7-8-14-13/h3-6,9,13H,7-8H2,1-2H3/t13-/m0/s1. The minimum absolute atomic E-state index is 0.171. The molecule has 1 heteroatoms. The molecule has 1 heterocycles. The zero-order valence-electron chi connectivity index (χ0n) is 8.79. The minimum Gasteiger partial charge on any atom is -0.369 e. The number of hydrogen-bond donors (Lipinski definition) is 0. The summed E-state index contributed by atoms with van der Waals surface area (Å²) in [6.45, 7) is 5.06. The number of allylic oxidation sites excluding steroid dienone is 1. The van der Waals surface area contributed by atoms with E-state index < -0.39 is 0 Å². The van der Waals surface area contributed by atoms with Gasteiger partial charge in [0.25, 0.3) is 0 Å². The number of ether oxygens (including phenoxy) is 1. The Kier molecular flexibility index (Phi) is 2.69. The molecule has 1 aliphatic rings. The van der Waals surface area contributed by atoms with E-state index >= 15 is 0 Å². The SMILES string of the molecule is CC(C)=C[C@@H]1OCCc2ccccc21. The smallest absolute Gasteiger partial charge is 0.101 e. The monoisotopic (exact) mass is 188 g/mol. The highest BCUT2D eigenvalue weighted by molar-refractivity contribution is 5.33. The van der Waals surface area contributed by atoms with Crippen molar-refractivity contribution >= 4 is 0 Å². The second-order valence-corrected chi connectivity index (χ2v) is 3.98. The van der Waals surface area contributed by atoms with Gasteiger partial charge in [-0.15, -0.1) is 0 Å². The van der Waals surface area contributed by atoms with Crippen molar-refractivity contribution in [3.8, 4) is 0 Å². The number of hydrogen-bond acceptors (Lipinski definition) is 1. The van der Waals surface area contributed by atoms with Crippen molar-refractivity contribution in [2.24, 2.45) is 0 Å². The summed E-state index contributed by atoms with van der Waals surface area (Å²) in [5.74, 6) is 0. The van der Waals surface area contributed by atoms with Gasteiger partial charge in [0.15, 0.2) is 0 Å². The number of benzene rings is 1. The van der Waals surface area contributed by atoms with Crippen LogP contribution in [0, 0.1) is 0 Å². The molecule has 1 aromatic carbocycles. The molecule has 1 aliphatic heterocycles. The Morgan fingerprint density at radius 3 is 2.93 bits per heavy atom. The Labute approximate surface area is 85.4 Å². The molecule has 0 amide bonds. The molecule has 0 N–H and O–H groups in total.